The lowest BCUT2D eigenvalue weighted by atomic mass is 10.00. The zero-order chi connectivity index (χ0) is 20.4. The van der Waals surface area contributed by atoms with E-state index in [1.165, 1.54) is 12.1 Å². The fraction of sp³-hybridized carbons (Fsp3) is 0.136. The molecule has 0 amide bonds. The molecule has 7 nitrogen and oxygen atoms in total. The maximum absolute atomic E-state index is 10.7. The van der Waals surface area contributed by atoms with Gasteiger partial charge < -0.3 is 29.6 Å². The number of phenols is 2. The molecule has 2 aromatic heterocycles. The molecule has 148 valence electrons. The van der Waals surface area contributed by atoms with Crippen LogP contribution in [0.1, 0.15) is 6.42 Å². The molecule has 0 fully saturated rings. The Kier molecular flexibility index (Phi) is 4.87. The molecule has 7 heteroatoms. The van der Waals surface area contributed by atoms with E-state index in [9.17, 15) is 20.4 Å². The zero-order valence-corrected chi connectivity index (χ0v) is 15.6. The van der Waals surface area contributed by atoms with Crippen LogP contribution in [0.3, 0.4) is 0 Å². The standard InChI is InChI=1S/C22H21N3O4/c26-16-8-6-15(7-9-16)19-20(17-4-1-2-5-18(17)27)25(22(29)21(19)28)12-3-11-24-13-10-23-14-24/h1-2,4-10,13-14,26-29H,3,11-12H2. The number of aromatic hydroxyl groups is 4. The molecule has 0 spiro atoms. The molecule has 0 aliphatic rings. The maximum Gasteiger partial charge on any atom is 0.235 e. The normalized spacial score (nSPS) is 11.0. The molecule has 0 radical (unpaired) electrons. The Morgan fingerprint density at radius 3 is 2.31 bits per heavy atom. The first-order valence-electron chi connectivity index (χ1n) is 9.24. The highest BCUT2D eigenvalue weighted by Gasteiger charge is 2.26. The van der Waals surface area contributed by atoms with Crippen molar-refractivity contribution in [2.75, 3.05) is 0 Å². The number of hydrogen-bond donors (Lipinski definition) is 4. The average molecular weight is 391 g/mol. The van der Waals surface area contributed by atoms with E-state index < -0.39 is 0 Å². The van der Waals surface area contributed by atoms with Crippen molar-refractivity contribution in [2.45, 2.75) is 19.5 Å². The minimum atomic E-state index is -0.267. The molecule has 0 saturated heterocycles. The lowest BCUT2D eigenvalue weighted by Gasteiger charge is -2.14. The van der Waals surface area contributed by atoms with Crippen molar-refractivity contribution in [2.24, 2.45) is 0 Å². The molecule has 0 saturated carbocycles. The molecule has 2 aromatic carbocycles. The second-order valence-corrected chi connectivity index (χ2v) is 6.77. The number of phenolic OH excluding ortho intramolecular Hbond substituents is 2. The van der Waals surface area contributed by atoms with Crippen LogP contribution in [0.2, 0.25) is 0 Å². The number of para-hydroxylation sites is 1. The molecule has 4 N–H and O–H groups in total. The van der Waals surface area contributed by atoms with Gasteiger partial charge in [0.05, 0.1) is 17.6 Å². The fourth-order valence-electron chi connectivity index (χ4n) is 3.50. The van der Waals surface area contributed by atoms with Gasteiger partial charge in [-0.3, -0.25) is 0 Å². The van der Waals surface area contributed by atoms with E-state index in [0.717, 1.165) is 0 Å². The summed E-state index contributed by atoms with van der Waals surface area (Å²) in [6, 6.07) is 13.1. The van der Waals surface area contributed by atoms with Crippen LogP contribution < -0.4 is 0 Å². The van der Waals surface area contributed by atoms with Crippen molar-refractivity contribution in [1.29, 1.82) is 0 Å². The van der Waals surface area contributed by atoms with Crippen LogP contribution in [-0.4, -0.2) is 34.5 Å². The molecular weight excluding hydrogens is 370 g/mol. The van der Waals surface area contributed by atoms with Gasteiger partial charge in [0.2, 0.25) is 5.88 Å². The van der Waals surface area contributed by atoms with Crippen LogP contribution in [0.5, 0.6) is 23.1 Å². The molecule has 29 heavy (non-hydrogen) atoms. The van der Waals surface area contributed by atoms with E-state index in [1.54, 1.807) is 53.5 Å². The van der Waals surface area contributed by atoms with Crippen LogP contribution in [0.15, 0.2) is 67.3 Å². The van der Waals surface area contributed by atoms with Gasteiger partial charge in [-0.1, -0.05) is 24.3 Å². The Bertz CT molecular complexity index is 1120. The van der Waals surface area contributed by atoms with Gasteiger partial charge in [0.1, 0.15) is 11.5 Å². The molecule has 0 unspecified atom stereocenters. The van der Waals surface area contributed by atoms with Crippen molar-refractivity contribution >= 4 is 0 Å². The Balaban J connectivity index is 1.82. The molecular formula is C22H21N3O4. The molecule has 0 bridgehead atoms. The number of rotatable bonds is 6. The monoisotopic (exact) mass is 391 g/mol. The first kappa shape index (κ1) is 18.5. The van der Waals surface area contributed by atoms with E-state index in [0.29, 0.717) is 41.9 Å². The lowest BCUT2D eigenvalue weighted by Crippen LogP contribution is -2.04. The van der Waals surface area contributed by atoms with Crippen LogP contribution in [0.25, 0.3) is 22.4 Å². The molecule has 0 atom stereocenters. The Labute approximate surface area is 167 Å². The van der Waals surface area contributed by atoms with Crippen molar-refractivity contribution in [3.63, 3.8) is 0 Å². The fourth-order valence-corrected chi connectivity index (χ4v) is 3.50. The minimum Gasteiger partial charge on any atom is -0.508 e. The number of hydrogen-bond acceptors (Lipinski definition) is 5. The van der Waals surface area contributed by atoms with Crippen LogP contribution in [0.4, 0.5) is 0 Å². The van der Waals surface area contributed by atoms with Gasteiger partial charge in [-0.2, -0.15) is 0 Å². The number of nitrogens with zero attached hydrogens (tertiary/aromatic N) is 3. The number of imidazole rings is 1. The Morgan fingerprint density at radius 2 is 1.62 bits per heavy atom. The molecule has 0 aliphatic heterocycles. The van der Waals surface area contributed by atoms with Gasteiger partial charge in [-0.25, -0.2) is 4.98 Å². The van der Waals surface area contributed by atoms with Crippen LogP contribution >= 0.6 is 0 Å². The van der Waals surface area contributed by atoms with Gasteiger partial charge >= 0.3 is 0 Å². The maximum atomic E-state index is 10.7. The zero-order valence-electron chi connectivity index (χ0n) is 15.6. The largest absolute Gasteiger partial charge is 0.508 e. The van der Waals surface area contributed by atoms with E-state index in [-0.39, 0.29) is 23.1 Å². The molecule has 4 rings (SSSR count). The smallest absolute Gasteiger partial charge is 0.235 e. The van der Waals surface area contributed by atoms with E-state index >= 15 is 0 Å². The van der Waals surface area contributed by atoms with E-state index in [4.69, 9.17) is 0 Å². The summed E-state index contributed by atoms with van der Waals surface area (Å²) in [4.78, 5) is 4.02. The van der Waals surface area contributed by atoms with Crippen molar-refractivity contribution in [3.8, 4) is 45.5 Å². The lowest BCUT2D eigenvalue weighted by molar-refractivity contribution is 0.368. The van der Waals surface area contributed by atoms with Gasteiger partial charge in [-0.15, -0.1) is 0 Å². The summed E-state index contributed by atoms with van der Waals surface area (Å²) in [5.41, 5.74) is 2.01. The first-order chi connectivity index (χ1) is 14.1. The topological polar surface area (TPSA) is 104 Å². The highest BCUT2D eigenvalue weighted by atomic mass is 16.3. The van der Waals surface area contributed by atoms with Crippen LogP contribution in [0, 0.1) is 0 Å². The third-order valence-electron chi connectivity index (χ3n) is 4.88. The Morgan fingerprint density at radius 1 is 0.862 bits per heavy atom. The van der Waals surface area contributed by atoms with Gasteiger partial charge in [0, 0.05) is 31.0 Å². The summed E-state index contributed by atoms with van der Waals surface area (Å²) >= 11 is 0. The van der Waals surface area contributed by atoms with Gasteiger partial charge in [-0.05, 0) is 36.2 Å². The second kappa shape index (κ2) is 7.63. The SMILES string of the molecule is Oc1ccc(-c2c(O)c(O)n(CCCn3ccnc3)c2-c2ccccc2O)cc1. The Hall–Kier alpha value is -3.87. The number of benzene rings is 2. The number of aromatic nitrogens is 3. The highest BCUT2D eigenvalue weighted by Crippen LogP contribution is 2.49. The van der Waals surface area contributed by atoms with Crippen molar-refractivity contribution in [1.82, 2.24) is 14.1 Å². The van der Waals surface area contributed by atoms with Crippen molar-refractivity contribution in [3.05, 3.63) is 67.3 Å². The average Bonchev–Trinajstić information content (AvgIpc) is 3.32. The summed E-state index contributed by atoms with van der Waals surface area (Å²) < 4.78 is 3.53. The molecule has 0 aliphatic carbocycles. The third-order valence-corrected chi connectivity index (χ3v) is 4.88. The van der Waals surface area contributed by atoms with Gasteiger partial charge in [0.15, 0.2) is 5.75 Å². The second-order valence-electron chi connectivity index (χ2n) is 6.77. The molecule has 4 aromatic rings. The molecule has 2 heterocycles. The number of aryl methyl sites for hydroxylation is 1. The van der Waals surface area contributed by atoms with Crippen molar-refractivity contribution < 1.29 is 20.4 Å². The van der Waals surface area contributed by atoms with E-state index in [2.05, 4.69) is 4.98 Å². The van der Waals surface area contributed by atoms with Crippen LogP contribution in [-0.2, 0) is 13.1 Å². The highest BCUT2D eigenvalue weighted by molar-refractivity contribution is 5.90. The first-order valence-corrected chi connectivity index (χ1v) is 9.24. The minimum absolute atomic E-state index is 0.0425. The summed E-state index contributed by atoms with van der Waals surface area (Å²) in [7, 11) is 0. The summed E-state index contributed by atoms with van der Waals surface area (Å²) in [6.45, 7) is 1.10. The summed E-state index contributed by atoms with van der Waals surface area (Å²) in [6.07, 6.45) is 5.96. The quantitative estimate of drug-likeness (QED) is 0.399. The third kappa shape index (κ3) is 3.50. The summed E-state index contributed by atoms with van der Waals surface area (Å²) in [5.74, 6) is -0.393. The summed E-state index contributed by atoms with van der Waals surface area (Å²) in [5, 5.41) is 41.5. The van der Waals surface area contributed by atoms with Gasteiger partial charge in [0.25, 0.3) is 0 Å². The predicted octanol–water partition coefficient (Wildman–Crippen LogP) is 3.93. The van der Waals surface area contributed by atoms with E-state index in [1.807, 2.05) is 10.8 Å². The predicted molar refractivity (Wildman–Crippen MR) is 109 cm³/mol.